The van der Waals surface area contributed by atoms with Crippen LogP contribution < -0.4 is 5.32 Å². The van der Waals surface area contributed by atoms with Gasteiger partial charge in [-0.2, -0.15) is 26.3 Å². The summed E-state index contributed by atoms with van der Waals surface area (Å²) in [5, 5.41) is 2.65. The van der Waals surface area contributed by atoms with Crippen LogP contribution >= 0.6 is 0 Å². The van der Waals surface area contributed by atoms with Crippen LogP contribution in [0.2, 0.25) is 0 Å². The van der Waals surface area contributed by atoms with Crippen molar-refractivity contribution in [1.82, 2.24) is 4.90 Å². The fourth-order valence-corrected chi connectivity index (χ4v) is 2.48. The summed E-state index contributed by atoms with van der Waals surface area (Å²) in [5.41, 5.74) is -3.04. The average Bonchev–Trinajstić information content (AvgIpc) is 2.92. The highest BCUT2D eigenvalue weighted by molar-refractivity contribution is 5.87. The molecule has 132 valence electrons. The highest BCUT2D eigenvalue weighted by Crippen LogP contribution is 2.37. The molecule has 0 bridgehead atoms. The van der Waals surface area contributed by atoms with Crippen LogP contribution in [0.3, 0.4) is 0 Å². The molecular weight excluding hydrogens is 338 g/mol. The Hall–Kier alpha value is -2.19. The first kappa shape index (κ1) is 18.2. The van der Waals surface area contributed by atoms with Crippen LogP contribution in [-0.2, 0) is 17.1 Å². The van der Waals surface area contributed by atoms with Gasteiger partial charge in [0.15, 0.2) is 0 Å². The zero-order chi connectivity index (χ0) is 18.1. The van der Waals surface area contributed by atoms with Crippen molar-refractivity contribution in [3.8, 4) is 0 Å². The number of anilines is 1. The fraction of sp³-hybridized carbons (Fsp3) is 0.400. The van der Waals surface area contributed by atoms with Gasteiger partial charge in [0.1, 0.15) is 0 Å². The van der Waals surface area contributed by atoms with Gasteiger partial charge in [-0.3, -0.25) is 4.79 Å². The van der Waals surface area contributed by atoms with E-state index in [1.54, 1.807) is 0 Å². The number of hydrogen-bond donors (Lipinski definition) is 1. The van der Waals surface area contributed by atoms with Crippen LogP contribution in [0.5, 0.6) is 0 Å². The molecule has 0 radical (unpaired) electrons. The maximum absolute atomic E-state index is 12.8. The molecule has 1 amide bonds. The maximum atomic E-state index is 12.8. The lowest BCUT2D eigenvalue weighted by molar-refractivity contribution is -0.143. The largest absolute Gasteiger partial charge is 0.416 e. The average molecular weight is 352 g/mol. The molecule has 9 heteroatoms. The van der Waals surface area contributed by atoms with Crippen molar-refractivity contribution in [2.75, 3.05) is 18.4 Å². The number of rotatable bonds is 3. The van der Waals surface area contributed by atoms with Gasteiger partial charge in [0.25, 0.3) is 0 Å². The molecule has 0 spiro atoms. The van der Waals surface area contributed by atoms with Gasteiger partial charge in [0.05, 0.1) is 11.1 Å². The summed E-state index contributed by atoms with van der Waals surface area (Å²) in [6, 6.07) is 0.909. The smallest absolute Gasteiger partial charge is 0.380 e. The molecule has 0 saturated carbocycles. The van der Waals surface area contributed by atoms with Crippen molar-refractivity contribution >= 4 is 11.6 Å². The molecule has 1 unspecified atom stereocenters. The van der Waals surface area contributed by atoms with E-state index in [1.807, 2.05) is 0 Å². The molecule has 1 aliphatic rings. The Balaban J connectivity index is 2.24. The number of hydrogen-bond acceptors (Lipinski definition) is 2. The van der Waals surface area contributed by atoms with E-state index >= 15 is 0 Å². The molecule has 2 rings (SSSR count). The van der Waals surface area contributed by atoms with Crippen LogP contribution in [0.25, 0.3) is 0 Å². The third kappa shape index (κ3) is 4.21. The highest BCUT2D eigenvalue weighted by atomic mass is 19.4. The number of nitrogens with one attached hydrogen (secondary N) is 1. The topological polar surface area (TPSA) is 32.3 Å². The van der Waals surface area contributed by atoms with Gasteiger partial charge in [-0.15, -0.1) is 0 Å². The van der Waals surface area contributed by atoms with Crippen LogP contribution in [0.15, 0.2) is 30.9 Å². The minimum Gasteiger partial charge on any atom is -0.380 e. The van der Waals surface area contributed by atoms with Crippen molar-refractivity contribution < 1.29 is 31.1 Å². The quantitative estimate of drug-likeness (QED) is 0.661. The van der Waals surface area contributed by atoms with Gasteiger partial charge in [-0.1, -0.05) is 6.58 Å². The summed E-state index contributed by atoms with van der Waals surface area (Å²) in [7, 11) is 0. The Morgan fingerprint density at radius 2 is 1.67 bits per heavy atom. The minimum absolute atomic E-state index is 0.0768. The summed E-state index contributed by atoms with van der Waals surface area (Å²) >= 11 is 0. The second-order valence-electron chi connectivity index (χ2n) is 5.41. The normalized spacial score (nSPS) is 18.6. The molecule has 1 aromatic carbocycles. The first-order chi connectivity index (χ1) is 11.0. The Morgan fingerprint density at radius 3 is 2.12 bits per heavy atom. The number of halogens is 6. The Morgan fingerprint density at radius 1 is 1.12 bits per heavy atom. The zero-order valence-corrected chi connectivity index (χ0v) is 12.3. The van der Waals surface area contributed by atoms with Crippen molar-refractivity contribution in [1.29, 1.82) is 0 Å². The van der Waals surface area contributed by atoms with E-state index < -0.39 is 29.5 Å². The van der Waals surface area contributed by atoms with E-state index in [4.69, 9.17) is 0 Å². The van der Waals surface area contributed by atoms with Crippen molar-refractivity contribution in [2.24, 2.45) is 0 Å². The van der Waals surface area contributed by atoms with Gasteiger partial charge >= 0.3 is 12.4 Å². The van der Waals surface area contributed by atoms with E-state index in [1.165, 1.54) is 4.90 Å². The summed E-state index contributed by atoms with van der Waals surface area (Å²) in [5.74, 6) is -0.334. The third-order valence-corrected chi connectivity index (χ3v) is 3.63. The zero-order valence-electron chi connectivity index (χ0n) is 12.3. The Kier molecular flexibility index (Phi) is 4.82. The molecule has 3 nitrogen and oxygen atoms in total. The SMILES string of the molecule is C=CC(=O)N1CCC(Nc2cc(C(F)(F)F)cc(C(F)(F)F)c2)C1. The number of benzene rings is 1. The number of nitrogens with zero attached hydrogens (tertiary/aromatic N) is 1. The van der Waals surface area contributed by atoms with Crippen molar-refractivity contribution in [3.63, 3.8) is 0 Å². The summed E-state index contributed by atoms with van der Waals surface area (Å²) in [6.07, 6.45) is -8.26. The predicted molar refractivity (Wildman–Crippen MR) is 75.3 cm³/mol. The van der Waals surface area contributed by atoms with E-state index in [2.05, 4.69) is 11.9 Å². The molecule has 1 N–H and O–H groups in total. The predicted octanol–water partition coefficient (Wildman–Crippen LogP) is 3.92. The lowest BCUT2D eigenvalue weighted by Gasteiger charge is -2.19. The van der Waals surface area contributed by atoms with E-state index in [0.717, 1.165) is 6.08 Å². The lowest BCUT2D eigenvalue weighted by Crippen LogP contribution is -2.30. The Labute approximate surface area is 133 Å². The molecule has 1 aliphatic heterocycles. The molecule has 24 heavy (non-hydrogen) atoms. The molecule has 1 aromatic rings. The number of carbonyl (C=O) groups is 1. The minimum atomic E-state index is -4.89. The molecular formula is C15H14F6N2O. The monoisotopic (exact) mass is 352 g/mol. The number of likely N-dealkylation sites (tertiary alicyclic amines) is 1. The first-order valence-electron chi connectivity index (χ1n) is 6.98. The molecule has 0 aliphatic carbocycles. The Bertz CT molecular complexity index is 606. The van der Waals surface area contributed by atoms with E-state index in [9.17, 15) is 31.1 Å². The van der Waals surface area contributed by atoms with Gasteiger partial charge in [-0.25, -0.2) is 0 Å². The third-order valence-electron chi connectivity index (χ3n) is 3.63. The fourth-order valence-electron chi connectivity index (χ4n) is 2.48. The highest BCUT2D eigenvalue weighted by Gasteiger charge is 2.37. The number of carbonyl (C=O) groups excluding carboxylic acids is 1. The van der Waals surface area contributed by atoms with E-state index in [0.29, 0.717) is 25.1 Å². The molecule has 1 fully saturated rings. The summed E-state index contributed by atoms with van der Waals surface area (Å²) < 4.78 is 76.8. The second-order valence-corrected chi connectivity index (χ2v) is 5.41. The van der Waals surface area contributed by atoms with Crippen LogP contribution in [0.4, 0.5) is 32.0 Å². The number of alkyl halides is 6. The van der Waals surface area contributed by atoms with Crippen molar-refractivity contribution in [2.45, 2.75) is 24.8 Å². The van der Waals surface area contributed by atoms with Gasteiger partial charge in [0, 0.05) is 24.8 Å². The van der Waals surface area contributed by atoms with E-state index in [-0.39, 0.29) is 24.2 Å². The molecule has 1 saturated heterocycles. The van der Waals surface area contributed by atoms with Crippen LogP contribution in [0.1, 0.15) is 17.5 Å². The first-order valence-corrected chi connectivity index (χ1v) is 6.98. The number of amides is 1. The van der Waals surface area contributed by atoms with Crippen LogP contribution in [0, 0.1) is 0 Å². The second kappa shape index (κ2) is 6.37. The maximum Gasteiger partial charge on any atom is 0.416 e. The standard InChI is InChI=1S/C15H14F6N2O/c1-2-13(24)23-4-3-11(8-23)22-12-6-9(14(16,17)18)5-10(7-12)15(19,20)21/h2,5-7,11,22H,1,3-4,8H2. The van der Waals surface area contributed by atoms with Gasteiger partial charge in [-0.05, 0) is 30.7 Å². The lowest BCUT2D eigenvalue weighted by atomic mass is 10.1. The van der Waals surface area contributed by atoms with Crippen molar-refractivity contribution in [3.05, 3.63) is 42.0 Å². The molecule has 1 heterocycles. The van der Waals surface area contributed by atoms with Gasteiger partial charge in [0.2, 0.25) is 5.91 Å². The molecule has 1 atom stereocenters. The summed E-state index contributed by atoms with van der Waals surface area (Å²) in [4.78, 5) is 12.9. The van der Waals surface area contributed by atoms with Gasteiger partial charge < -0.3 is 10.2 Å². The van der Waals surface area contributed by atoms with Crippen LogP contribution in [-0.4, -0.2) is 29.9 Å². The summed E-state index contributed by atoms with van der Waals surface area (Å²) in [6.45, 7) is 3.87. The molecule has 0 aromatic heterocycles.